The number of benzene rings is 2. The molecule has 150 valence electrons. The van der Waals surface area contributed by atoms with Gasteiger partial charge in [-0.1, -0.05) is 47.5 Å². The number of nitrogens with zero attached hydrogens (tertiary/aromatic N) is 3. The quantitative estimate of drug-likeness (QED) is 0.610. The van der Waals surface area contributed by atoms with Gasteiger partial charge in [0.2, 0.25) is 11.8 Å². The molecule has 1 aromatic heterocycles. The number of likely N-dealkylation sites (N-methyl/N-ethyl adjacent to an activating group) is 1. The van der Waals surface area contributed by atoms with Gasteiger partial charge >= 0.3 is 0 Å². The maximum atomic E-state index is 12.4. The number of hydrogen-bond donors (Lipinski definition) is 1. The highest BCUT2D eigenvalue weighted by atomic mass is 35.5. The summed E-state index contributed by atoms with van der Waals surface area (Å²) < 4.78 is 1.77. The topological polar surface area (TPSA) is 67.2 Å². The van der Waals surface area contributed by atoms with Gasteiger partial charge in [-0.25, -0.2) is 4.68 Å². The van der Waals surface area contributed by atoms with Crippen molar-refractivity contribution >= 4 is 40.7 Å². The molecule has 0 unspecified atom stereocenters. The third-order valence-electron chi connectivity index (χ3n) is 4.32. The summed E-state index contributed by atoms with van der Waals surface area (Å²) in [7, 11) is 1.59. The summed E-state index contributed by atoms with van der Waals surface area (Å²) >= 11 is 12.1. The van der Waals surface area contributed by atoms with Crippen LogP contribution in [0.3, 0.4) is 0 Å². The second-order valence-corrected chi connectivity index (χ2v) is 7.34. The Kier molecular flexibility index (Phi) is 6.90. The standard InChI is InChI=1S/C21H20Cl2N4O2/c1-26(14-19(28)25-21-17(22)8-5-9-18(21)23)20(29)11-10-15-12-24-27(13-15)16-6-3-2-4-7-16/h2-9,12-13H,10-11,14H2,1H3,(H,25,28). The molecule has 3 aromatic rings. The van der Waals surface area contributed by atoms with Crippen LogP contribution in [0, 0.1) is 0 Å². The van der Waals surface area contributed by atoms with Gasteiger partial charge in [-0.05, 0) is 36.2 Å². The van der Waals surface area contributed by atoms with Gasteiger partial charge in [-0.15, -0.1) is 0 Å². The molecule has 2 amide bonds. The van der Waals surface area contributed by atoms with Gasteiger partial charge in [-0.2, -0.15) is 5.10 Å². The third kappa shape index (κ3) is 5.59. The number of nitrogens with one attached hydrogen (secondary N) is 1. The molecule has 3 rings (SSSR count). The Morgan fingerprint density at radius 3 is 2.45 bits per heavy atom. The van der Waals surface area contributed by atoms with E-state index in [0.717, 1.165) is 11.3 Å². The van der Waals surface area contributed by atoms with E-state index in [0.29, 0.717) is 22.2 Å². The van der Waals surface area contributed by atoms with E-state index in [2.05, 4.69) is 10.4 Å². The summed E-state index contributed by atoms with van der Waals surface area (Å²) in [5, 5.41) is 7.66. The first kappa shape index (κ1) is 20.9. The number of para-hydroxylation sites is 2. The summed E-state index contributed by atoms with van der Waals surface area (Å²) in [4.78, 5) is 26.0. The molecule has 1 heterocycles. The third-order valence-corrected chi connectivity index (χ3v) is 4.95. The van der Waals surface area contributed by atoms with Gasteiger partial charge in [0.05, 0.1) is 34.2 Å². The van der Waals surface area contributed by atoms with Crippen molar-refractivity contribution in [1.82, 2.24) is 14.7 Å². The molecule has 0 fully saturated rings. The lowest BCUT2D eigenvalue weighted by Gasteiger charge is -2.17. The molecule has 1 N–H and O–H groups in total. The number of aryl methyl sites for hydroxylation is 1. The molecular weight excluding hydrogens is 411 g/mol. The second kappa shape index (κ2) is 9.58. The minimum absolute atomic E-state index is 0.0936. The van der Waals surface area contributed by atoms with Gasteiger partial charge in [0.1, 0.15) is 0 Å². The SMILES string of the molecule is CN(CC(=O)Nc1c(Cl)cccc1Cl)C(=O)CCc1cnn(-c2ccccc2)c1. The summed E-state index contributed by atoms with van der Waals surface area (Å²) in [6.07, 6.45) is 4.45. The molecule has 0 spiro atoms. The normalized spacial score (nSPS) is 10.6. The number of halogens is 2. The van der Waals surface area contributed by atoms with Crippen molar-refractivity contribution in [1.29, 1.82) is 0 Å². The Balaban J connectivity index is 1.50. The van der Waals surface area contributed by atoms with Crippen molar-refractivity contribution in [3.05, 3.63) is 76.5 Å². The highest BCUT2D eigenvalue weighted by Gasteiger charge is 2.15. The van der Waals surface area contributed by atoms with E-state index < -0.39 is 0 Å². The van der Waals surface area contributed by atoms with E-state index in [1.165, 1.54) is 4.90 Å². The van der Waals surface area contributed by atoms with Crippen molar-refractivity contribution in [2.24, 2.45) is 0 Å². The van der Waals surface area contributed by atoms with E-state index in [1.807, 2.05) is 36.5 Å². The van der Waals surface area contributed by atoms with Gasteiger partial charge in [-0.3, -0.25) is 9.59 Å². The maximum absolute atomic E-state index is 12.4. The van der Waals surface area contributed by atoms with Gasteiger partial charge < -0.3 is 10.2 Å². The van der Waals surface area contributed by atoms with E-state index in [4.69, 9.17) is 23.2 Å². The van der Waals surface area contributed by atoms with Crippen LogP contribution in [0.1, 0.15) is 12.0 Å². The molecule has 0 saturated carbocycles. The molecule has 0 aliphatic rings. The number of anilines is 1. The fraction of sp³-hybridized carbons (Fsp3) is 0.190. The van der Waals surface area contributed by atoms with Crippen LogP contribution < -0.4 is 5.32 Å². The van der Waals surface area contributed by atoms with Crippen molar-refractivity contribution in [3.63, 3.8) is 0 Å². The monoisotopic (exact) mass is 430 g/mol. The maximum Gasteiger partial charge on any atom is 0.244 e. The van der Waals surface area contributed by atoms with Gasteiger partial charge in [0, 0.05) is 19.7 Å². The minimum Gasteiger partial charge on any atom is -0.336 e. The van der Waals surface area contributed by atoms with E-state index in [9.17, 15) is 9.59 Å². The first-order valence-electron chi connectivity index (χ1n) is 9.01. The van der Waals surface area contributed by atoms with Crippen molar-refractivity contribution in [2.75, 3.05) is 18.9 Å². The Morgan fingerprint density at radius 1 is 1.07 bits per heavy atom. The lowest BCUT2D eigenvalue weighted by molar-refractivity contribution is -0.133. The van der Waals surface area contributed by atoms with E-state index in [1.54, 1.807) is 36.1 Å². The van der Waals surface area contributed by atoms with E-state index >= 15 is 0 Å². The van der Waals surface area contributed by atoms with Crippen LogP contribution in [0.15, 0.2) is 60.9 Å². The smallest absolute Gasteiger partial charge is 0.244 e. The number of amides is 2. The first-order valence-corrected chi connectivity index (χ1v) is 9.76. The second-order valence-electron chi connectivity index (χ2n) is 6.52. The summed E-state index contributed by atoms with van der Waals surface area (Å²) in [6.45, 7) is -0.0936. The van der Waals surface area contributed by atoms with Crippen molar-refractivity contribution < 1.29 is 9.59 Å². The zero-order valence-electron chi connectivity index (χ0n) is 15.8. The van der Waals surface area contributed by atoms with Crippen LogP contribution in [-0.2, 0) is 16.0 Å². The summed E-state index contributed by atoms with van der Waals surface area (Å²) in [6, 6.07) is 14.7. The number of hydrogen-bond acceptors (Lipinski definition) is 3. The van der Waals surface area contributed by atoms with E-state index in [-0.39, 0.29) is 24.8 Å². The molecule has 0 aliphatic carbocycles. The molecule has 29 heavy (non-hydrogen) atoms. The predicted molar refractivity (Wildman–Crippen MR) is 115 cm³/mol. The Hall–Kier alpha value is -2.83. The average Bonchev–Trinajstić information content (AvgIpc) is 3.19. The molecule has 8 heteroatoms. The highest BCUT2D eigenvalue weighted by molar-refractivity contribution is 6.39. The molecule has 0 aliphatic heterocycles. The van der Waals surface area contributed by atoms with Crippen LogP contribution in [-0.4, -0.2) is 40.1 Å². The van der Waals surface area contributed by atoms with Crippen LogP contribution in [0.25, 0.3) is 5.69 Å². The number of carbonyl (C=O) groups excluding carboxylic acids is 2. The van der Waals surface area contributed by atoms with Gasteiger partial charge in [0.25, 0.3) is 0 Å². The van der Waals surface area contributed by atoms with Crippen molar-refractivity contribution in [3.8, 4) is 5.69 Å². The highest BCUT2D eigenvalue weighted by Crippen LogP contribution is 2.29. The fourth-order valence-electron chi connectivity index (χ4n) is 2.75. The minimum atomic E-state index is -0.368. The summed E-state index contributed by atoms with van der Waals surface area (Å²) in [5.74, 6) is -0.509. The number of carbonyl (C=O) groups is 2. The fourth-order valence-corrected chi connectivity index (χ4v) is 3.24. The Bertz CT molecular complexity index is 985. The Morgan fingerprint density at radius 2 is 1.76 bits per heavy atom. The lowest BCUT2D eigenvalue weighted by Crippen LogP contribution is -2.35. The van der Waals surface area contributed by atoms with Crippen LogP contribution >= 0.6 is 23.2 Å². The number of aromatic nitrogens is 2. The molecular formula is C21H20Cl2N4O2. The van der Waals surface area contributed by atoms with Crippen molar-refractivity contribution in [2.45, 2.75) is 12.8 Å². The Labute approximate surface area is 179 Å². The largest absolute Gasteiger partial charge is 0.336 e. The number of rotatable bonds is 7. The molecule has 0 saturated heterocycles. The molecule has 0 atom stereocenters. The predicted octanol–water partition coefficient (Wildman–Crippen LogP) is 4.21. The van der Waals surface area contributed by atoms with Gasteiger partial charge in [0.15, 0.2) is 0 Å². The lowest BCUT2D eigenvalue weighted by atomic mass is 10.2. The van der Waals surface area contributed by atoms with Crippen LogP contribution in [0.4, 0.5) is 5.69 Å². The zero-order chi connectivity index (χ0) is 20.8. The van der Waals surface area contributed by atoms with Crippen LogP contribution in [0.5, 0.6) is 0 Å². The average molecular weight is 431 g/mol. The molecule has 2 aromatic carbocycles. The van der Waals surface area contributed by atoms with Crippen LogP contribution in [0.2, 0.25) is 10.0 Å². The summed E-state index contributed by atoms with van der Waals surface area (Å²) in [5.41, 5.74) is 2.25. The molecule has 6 nitrogen and oxygen atoms in total. The zero-order valence-corrected chi connectivity index (χ0v) is 17.3. The molecule has 0 bridgehead atoms. The first-order chi connectivity index (χ1) is 13.9. The molecule has 0 radical (unpaired) electrons.